The molecule has 0 aliphatic carbocycles. The quantitative estimate of drug-likeness (QED) is 0.741. The van der Waals surface area contributed by atoms with Gasteiger partial charge in [-0.25, -0.2) is 4.39 Å². The van der Waals surface area contributed by atoms with E-state index in [1.165, 1.54) is 12.1 Å². The second-order valence-corrected chi connectivity index (χ2v) is 4.86. The zero-order chi connectivity index (χ0) is 13.1. The predicted octanol–water partition coefficient (Wildman–Crippen LogP) is 5.36. The van der Waals surface area contributed by atoms with Crippen molar-refractivity contribution in [3.05, 3.63) is 62.8 Å². The fourth-order valence-electron chi connectivity index (χ4n) is 1.38. The fraction of sp³-hybridized carbons (Fsp3) is 0.0769. The Hall–Kier alpha value is -0.960. The van der Waals surface area contributed by atoms with Gasteiger partial charge >= 0.3 is 0 Å². The number of hydrogen-bond acceptors (Lipinski definition) is 1. The molecule has 5 heteroatoms. The Morgan fingerprint density at radius 2 is 1.67 bits per heavy atom. The third-order valence-corrected chi connectivity index (χ3v) is 3.13. The van der Waals surface area contributed by atoms with E-state index in [1.807, 2.05) is 0 Å². The highest BCUT2D eigenvalue weighted by molar-refractivity contribution is 6.34. The Balaban J connectivity index is 2.11. The maximum Gasteiger partial charge on any atom is 0.142 e. The van der Waals surface area contributed by atoms with Gasteiger partial charge in [-0.05, 0) is 29.8 Å². The lowest BCUT2D eigenvalue weighted by Gasteiger charge is -2.08. The standard InChI is InChI=1S/C13H8Cl3FO/c14-9-2-4-11(16)13(6-9)18-7-8-1-3-10(15)12(17)5-8/h1-6H,7H2. The minimum atomic E-state index is -0.477. The largest absolute Gasteiger partial charge is 0.487 e. The molecule has 0 spiro atoms. The second kappa shape index (κ2) is 5.79. The topological polar surface area (TPSA) is 9.23 Å². The molecule has 2 aromatic carbocycles. The average molecular weight is 306 g/mol. The molecule has 0 atom stereocenters. The highest BCUT2D eigenvalue weighted by atomic mass is 35.5. The highest BCUT2D eigenvalue weighted by Gasteiger charge is 2.05. The van der Waals surface area contributed by atoms with Crippen LogP contribution in [0.5, 0.6) is 5.75 Å². The molecule has 0 aromatic heterocycles. The van der Waals surface area contributed by atoms with Crippen LogP contribution in [0.25, 0.3) is 0 Å². The zero-order valence-corrected chi connectivity index (χ0v) is 11.4. The highest BCUT2D eigenvalue weighted by Crippen LogP contribution is 2.28. The fourth-order valence-corrected chi connectivity index (χ4v) is 1.83. The first-order valence-electron chi connectivity index (χ1n) is 5.08. The molecule has 0 amide bonds. The molecular formula is C13H8Cl3FO. The van der Waals surface area contributed by atoms with Gasteiger partial charge in [-0.2, -0.15) is 0 Å². The minimum absolute atomic E-state index is 0.0829. The zero-order valence-electron chi connectivity index (χ0n) is 9.09. The van der Waals surface area contributed by atoms with Crippen LogP contribution in [-0.4, -0.2) is 0 Å². The van der Waals surface area contributed by atoms with Gasteiger partial charge < -0.3 is 4.74 Å². The van der Waals surface area contributed by atoms with Crippen LogP contribution in [0.3, 0.4) is 0 Å². The molecule has 0 N–H and O–H groups in total. The average Bonchev–Trinajstić information content (AvgIpc) is 2.34. The normalized spacial score (nSPS) is 10.4. The van der Waals surface area contributed by atoms with E-state index in [9.17, 15) is 4.39 Å². The molecule has 0 bridgehead atoms. The molecule has 0 radical (unpaired) electrons. The molecule has 0 aliphatic rings. The van der Waals surface area contributed by atoms with E-state index in [0.717, 1.165) is 0 Å². The van der Waals surface area contributed by atoms with E-state index in [1.54, 1.807) is 24.3 Å². The smallest absolute Gasteiger partial charge is 0.142 e. The third kappa shape index (κ3) is 3.29. The van der Waals surface area contributed by atoms with Crippen LogP contribution >= 0.6 is 34.8 Å². The number of ether oxygens (including phenoxy) is 1. The number of rotatable bonds is 3. The summed E-state index contributed by atoms with van der Waals surface area (Å²) in [6.07, 6.45) is 0. The van der Waals surface area contributed by atoms with E-state index in [4.69, 9.17) is 39.5 Å². The number of halogens is 4. The van der Waals surface area contributed by atoms with Gasteiger partial charge in [-0.1, -0.05) is 40.9 Å². The summed E-state index contributed by atoms with van der Waals surface area (Å²) in [4.78, 5) is 0. The van der Waals surface area contributed by atoms with Crippen molar-refractivity contribution in [2.24, 2.45) is 0 Å². The van der Waals surface area contributed by atoms with Crippen LogP contribution in [0.4, 0.5) is 4.39 Å². The van der Waals surface area contributed by atoms with Crippen LogP contribution in [0.1, 0.15) is 5.56 Å². The second-order valence-electron chi connectivity index (χ2n) is 3.61. The molecule has 0 heterocycles. The number of hydrogen-bond donors (Lipinski definition) is 0. The van der Waals surface area contributed by atoms with Crippen molar-refractivity contribution >= 4 is 34.8 Å². The van der Waals surface area contributed by atoms with Crippen LogP contribution in [-0.2, 0) is 6.61 Å². The van der Waals surface area contributed by atoms with Crippen molar-refractivity contribution in [1.29, 1.82) is 0 Å². The van der Waals surface area contributed by atoms with Gasteiger partial charge in [0.1, 0.15) is 18.2 Å². The molecule has 94 valence electrons. The summed E-state index contributed by atoms with van der Waals surface area (Å²) >= 11 is 17.4. The van der Waals surface area contributed by atoms with Gasteiger partial charge in [0.25, 0.3) is 0 Å². The summed E-state index contributed by atoms with van der Waals surface area (Å²) in [5.41, 5.74) is 0.660. The van der Waals surface area contributed by atoms with Crippen LogP contribution in [0, 0.1) is 5.82 Å². The first kappa shape index (κ1) is 13.5. The molecule has 0 unspecified atom stereocenters. The van der Waals surface area contributed by atoms with Gasteiger partial charge in [0.2, 0.25) is 0 Å². The predicted molar refractivity (Wildman–Crippen MR) is 72.2 cm³/mol. The van der Waals surface area contributed by atoms with E-state index in [0.29, 0.717) is 21.4 Å². The van der Waals surface area contributed by atoms with Crippen molar-refractivity contribution in [3.8, 4) is 5.75 Å². The lowest BCUT2D eigenvalue weighted by Crippen LogP contribution is -1.96. The number of benzene rings is 2. The maximum absolute atomic E-state index is 13.2. The van der Waals surface area contributed by atoms with Crippen LogP contribution in [0.2, 0.25) is 15.1 Å². The summed E-state index contributed by atoms with van der Waals surface area (Å²) in [5, 5.41) is 1.06. The molecule has 2 aromatic rings. The summed E-state index contributed by atoms with van der Waals surface area (Å²) < 4.78 is 18.7. The monoisotopic (exact) mass is 304 g/mol. The van der Waals surface area contributed by atoms with Crippen LogP contribution < -0.4 is 4.74 Å². The van der Waals surface area contributed by atoms with E-state index in [2.05, 4.69) is 0 Å². The van der Waals surface area contributed by atoms with Crippen molar-refractivity contribution in [2.45, 2.75) is 6.61 Å². The van der Waals surface area contributed by atoms with E-state index >= 15 is 0 Å². The Morgan fingerprint density at radius 1 is 0.944 bits per heavy atom. The van der Waals surface area contributed by atoms with E-state index < -0.39 is 5.82 Å². The van der Waals surface area contributed by atoms with Crippen molar-refractivity contribution in [2.75, 3.05) is 0 Å². The first-order chi connectivity index (χ1) is 8.56. The van der Waals surface area contributed by atoms with Gasteiger partial charge in [0, 0.05) is 11.1 Å². The van der Waals surface area contributed by atoms with Gasteiger partial charge in [-0.3, -0.25) is 0 Å². The molecule has 18 heavy (non-hydrogen) atoms. The van der Waals surface area contributed by atoms with Crippen molar-refractivity contribution in [1.82, 2.24) is 0 Å². The maximum atomic E-state index is 13.2. The van der Waals surface area contributed by atoms with Crippen LogP contribution in [0.15, 0.2) is 36.4 Å². The summed E-state index contributed by atoms with van der Waals surface area (Å²) in [7, 11) is 0. The Morgan fingerprint density at radius 3 is 2.39 bits per heavy atom. The van der Waals surface area contributed by atoms with Gasteiger partial charge in [0.05, 0.1) is 10.0 Å². The minimum Gasteiger partial charge on any atom is -0.487 e. The Labute approximate surface area is 119 Å². The summed E-state index contributed by atoms with van der Waals surface area (Å²) in [6.45, 7) is 0.189. The van der Waals surface area contributed by atoms with Crippen molar-refractivity contribution in [3.63, 3.8) is 0 Å². The molecule has 0 saturated heterocycles. The third-order valence-electron chi connectivity index (χ3n) is 2.27. The Kier molecular flexibility index (Phi) is 4.33. The lowest BCUT2D eigenvalue weighted by atomic mass is 10.2. The molecular weight excluding hydrogens is 297 g/mol. The molecule has 2 rings (SSSR count). The molecule has 0 aliphatic heterocycles. The van der Waals surface area contributed by atoms with E-state index in [-0.39, 0.29) is 11.6 Å². The van der Waals surface area contributed by atoms with Crippen molar-refractivity contribution < 1.29 is 9.13 Å². The molecule has 0 saturated carbocycles. The molecule has 0 fully saturated rings. The molecule has 1 nitrogen and oxygen atoms in total. The van der Waals surface area contributed by atoms with Gasteiger partial charge in [-0.15, -0.1) is 0 Å². The summed E-state index contributed by atoms with van der Waals surface area (Å²) in [5.74, 6) is -0.0190. The lowest BCUT2D eigenvalue weighted by molar-refractivity contribution is 0.306. The summed E-state index contributed by atoms with van der Waals surface area (Å²) in [6, 6.07) is 9.40. The Bertz CT molecular complexity index is 572. The SMILES string of the molecule is Fc1cc(COc2cc(Cl)ccc2Cl)ccc1Cl. The first-order valence-corrected chi connectivity index (χ1v) is 6.21. The van der Waals surface area contributed by atoms with Gasteiger partial charge in [0.15, 0.2) is 0 Å².